The van der Waals surface area contributed by atoms with Crippen LogP contribution in [0.2, 0.25) is 0 Å². The third-order valence-electron chi connectivity index (χ3n) is 4.62. The van der Waals surface area contributed by atoms with Gasteiger partial charge in [-0.1, -0.05) is 66.2 Å². The summed E-state index contributed by atoms with van der Waals surface area (Å²) in [6.07, 6.45) is -1.16. The van der Waals surface area contributed by atoms with E-state index in [9.17, 15) is 19.7 Å². The monoisotopic (exact) mass is 389 g/mol. The molecular formula is C23H19NO5. The van der Waals surface area contributed by atoms with Crippen molar-refractivity contribution in [1.29, 1.82) is 0 Å². The highest BCUT2D eigenvalue weighted by atomic mass is 16.6. The molecule has 3 aromatic carbocycles. The van der Waals surface area contributed by atoms with Crippen molar-refractivity contribution in [3.8, 4) is 0 Å². The number of nitro groups is 1. The van der Waals surface area contributed by atoms with Crippen LogP contribution in [0.3, 0.4) is 0 Å². The van der Waals surface area contributed by atoms with Gasteiger partial charge in [0.15, 0.2) is 6.10 Å². The number of rotatable bonds is 6. The maximum Gasteiger partial charge on any atom is 0.339 e. The van der Waals surface area contributed by atoms with E-state index in [-0.39, 0.29) is 22.6 Å². The first-order chi connectivity index (χ1) is 13.9. The molecule has 29 heavy (non-hydrogen) atoms. The second-order valence-electron chi connectivity index (χ2n) is 6.63. The molecule has 1 unspecified atom stereocenters. The van der Waals surface area contributed by atoms with E-state index in [1.807, 2.05) is 19.1 Å². The van der Waals surface area contributed by atoms with Gasteiger partial charge < -0.3 is 4.74 Å². The summed E-state index contributed by atoms with van der Waals surface area (Å²) in [4.78, 5) is 36.5. The van der Waals surface area contributed by atoms with Gasteiger partial charge in [0, 0.05) is 22.8 Å². The van der Waals surface area contributed by atoms with Crippen LogP contribution in [0, 0.1) is 24.0 Å². The molecule has 146 valence electrons. The van der Waals surface area contributed by atoms with E-state index >= 15 is 0 Å². The zero-order chi connectivity index (χ0) is 21.0. The van der Waals surface area contributed by atoms with Gasteiger partial charge in [0.1, 0.15) is 0 Å². The molecule has 0 bridgehead atoms. The number of carbonyl (C=O) groups excluding carboxylic acids is 2. The molecule has 0 amide bonds. The van der Waals surface area contributed by atoms with Gasteiger partial charge in [-0.3, -0.25) is 14.9 Å². The van der Waals surface area contributed by atoms with Crippen LogP contribution < -0.4 is 0 Å². The van der Waals surface area contributed by atoms with E-state index in [4.69, 9.17) is 4.74 Å². The zero-order valence-electron chi connectivity index (χ0n) is 16.0. The van der Waals surface area contributed by atoms with Crippen molar-refractivity contribution in [3.05, 3.63) is 111 Å². The molecule has 0 N–H and O–H groups in total. The van der Waals surface area contributed by atoms with Crippen LogP contribution in [-0.4, -0.2) is 16.7 Å². The minimum absolute atomic E-state index is 0.0526. The van der Waals surface area contributed by atoms with E-state index < -0.39 is 17.0 Å². The van der Waals surface area contributed by atoms with E-state index in [0.29, 0.717) is 11.1 Å². The number of esters is 1. The Hall–Kier alpha value is -3.80. The summed E-state index contributed by atoms with van der Waals surface area (Å²) >= 11 is 0. The molecule has 0 aliphatic heterocycles. The first-order valence-electron chi connectivity index (χ1n) is 8.99. The molecule has 0 heterocycles. The van der Waals surface area contributed by atoms with Gasteiger partial charge in [-0.25, -0.2) is 4.79 Å². The van der Waals surface area contributed by atoms with Gasteiger partial charge in [-0.15, -0.1) is 0 Å². The third-order valence-corrected chi connectivity index (χ3v) is 4.62. The molecule has 3 aromatic rings. The van der Waals surface area contributed by atoms with Crippen molar-refractivity contribution in [2.75, 3.05) is 0 Å². The van der Waals surface area contributed by atoms with Crippen molar-refractivity contribution >= 4 is 17.4 Å². The molecule has 0 aliphatic carbocycles. The van der Waals surface area contributed by atoms with Crippen LogP contribution >= 0.6 is 0 Å². The fraction of sp³-hybridized carbons (Fsp3) is 0.130. The standard InChI is InChI=1S/C23H19NO5/c1-15-11-13-17(14-12-15)21(25)22(18-7-4-3-5-8-18)29-23(26)19-9-6-10-20(16(19)2)24(27)28/h3-14,22H,1-2H3. The Bertz CT molecular complexity index is 1060. The van der Waals surface area contributed by atoms with Gasteiger partial charge in [-0.2, -0.15) is 0 Å². The Kier molecular flexibility index (Phi) is 5.83. The second-order valence-corrected chi connectivity index (χ2v) is 6.63. The van der Waals surface area contributed by atoms with Gasteiger partial charge >= 0.3 is 5.97 Å². The number of ketones is 1. The maximum absolute atomic E-state index is 13.1. The summed E-state index contributed by atoms with van der Waals surface area (Å²) in [6.45, 7) is 3.39. The van der Waals surface area contributed by atoms with Crippen LogP contribution in [0.15, 0.2) is 72.8 Å². The quantitative estimate of drug-likeness (QED) is 0.256. The molecule has 0 radical (unpaired) electrons. The number of aryl methyl sites for hydroxylation is 1. The number of benzene rings is 3. The Balaban J connectivity index is 1.97. The minimum atomic E-state index is -1.16. The Morgan fingerprint density at radius 1 is 0.897 bits per heavy atom. The number of nitrogens with zero attached hydrogens (tertiary/aromatic N) is 1. The summed E-state index contributed by atoms with van der Waals surface area (Å²) in [7, 11) is 0. The number of ether oxygens (including phenoxy) is 1. The molecule has 0 saturated carbocycles. The van der Waals surface area contributed by atoms with Crippen molar-refractivity contribution in [1.82, 2.24) is 0 Å². The van der Waals surface area contributed by atoms with E-state index in [0.717, 1.165) is 5.56 Å². The summed E-state index contributed by atoms with van der Waals surface area (Å²) in [5, 5.41) is 11.2. The van der Waals surface area contributed by atoms with E-state index in [1.54, 1.807) is 42.5 Å². The highest BCUT2D eigenvalue weighted by Gasteiger charge is 2.28. The van der Waals surface area contributed by atoms with Crippen molar-refractivity contribution < 1.29 is 19.2 Å². The van der Waals surface area contributed by atoms with Crippen LogP contribution in [0.25, 0.3) is 0 Å². The van der Waals surface area contributed by atoms with Crippen LogP contribution in [0.1, 0.15) is 43.5 Å². The average molecular weight is 389 g/mol. The lowest BCUT2D eigenvalue weighted by Gasteiger charge is -2.18. The topological polar surface area (TPSA) is 86.5 Å². The third kappa shape index (κ3) is 4.38. The van der Waals surface area contributed by atoms with Gasteiger partial charge in [-0.05, 0) is 19.9 Å². The van der Waals surface area contributed by atoms with Crippen LogP contribution in [-0.2, 0) is 4.74 Å². The largest absolute Gasteiger partial charge is 0.445 e. The van der Waals surface area contributed by atoms with Crippen molar-refractivity contribution in [3.63, 3.8) is 0 Å². The fourth-order valence-corrected chi connectivity index (χ4v) is 2.98. The fourth-order valence-electron chi connectivity index (χ4n) is 2.98. The molecule has 6 heteroatoms. The SMILES string of the molecule is Cc1ccc(C(=O)C(OC(=O)c2cccc([N+](=O)[O-])c2C)c2ccccc2)cc1. The van der Waals surface area contributed by atoms with E-state index in [2.05, 4.69) is 0 Å². The van der Waals surface area contributed by atoms with Gasteiger partial charge in [0.05, 0.1) is 10.5 Å². The van der Waals surface area contributed by atoms with Gasteiger partial charge in [0.25, 0.3) is 5.69 Å². The van der Waals surface area contributed by atoms with Crippen molar-refractivity contribution in [2.45, 2.75) is 20.0 Å². The molecule has 0 aliphatic rings. The molecule has 0 fully saturated rings. The van der Waals surface area contributed by atoms with Gasteiger partial charge in [0.2, 0.25) is 5.78 Å². The lowest BCUT2D eigenvalue weighted by Crippen LogP contribution is -2.21. The summed E-state index contributed by atoms with van der Waals surface area (Å²) in [5.74, 6) is -1.16. The lowest BCUT2D eigenvalue weighted by molar-refractivity contribution is -0.385. The molecule has 1 atom stereocenters. The predicted octanol–water partition coefficient (Wildman–Crippen LogP) is 4.99. The number of Topliss-reactive ketones (excluding diaryl/α,β-unsaturated/α-hetero) is 1. The zero-order valence-corrected chi connectivity index (χ0v) is 16.0. The molecule has 0 aromatic heterocycles. The molecular weight excluding hydrogens is 370 g/mol. The summed E-state index contributed by atoms with van der Waals surface area (Å²) < 4.78 is 5.57. The molecule has 3 rings (SSSR count). The smallest absolute Gasteiger partial charge is 0.339 e. The maximum atomic E-state index is 13.1. The minimum Gasteiger partial charge on any atom is -0.445 e. The highest BCUT2D eigenvalue weighted by molar-refractivity contribution is 6.02. The normalized spacial score (nSPS) is 11.5. The molecule has 0 saturated heterocycles. The van der Waals surface area contributed by atoms with Crippen LogP contribution in [0.4, 0.5) is 5.69 Å². The average Bonchev–Trinajstić information content (AvgIpc) is 2.72. The number of hydrogen-bond donors (Lipinski definition) is 0. The summed E-state index contributed by atoms with van der Waals surface area (Å²) in [5.41, 5.74) is 2.00. The second kappa shape index (κ2) is 8.48. The lowest BCUT2D eigenvalue weighted by atomic mass is 9.98. The number of hydrogen-bond acceptors (Lipinski definition) is 5. The summed E-state index contributed by atoms with van der Waals surface area (Å²) in [6, 6.07) is 19.8. The first-order valence-corrected chi connectivity index (χ1v) is 8.99. The van der Waals surface area contributed by atoms with Crippen LogP contribution in [0.5, 0.6) is 0 Å². The first kappa shape index (κ1) is 19.9. The Morgan fingerprint density at radius 3 is 2.17 bits per heavy atom. The Labute approximate surface area is 167 Å². The Morgan fingerprint density at radius 2 is 1.55 bits per heavy atom. The molecule has 6 nitrogen and oxygen atoms in total. The van der Waals surface area contributed by atoms with E-state index in [1.165, 1.54) is 25.1 Å². The predicted molar refractivity (Wildman–Crippen MR) is 108 cm³/mol. The van der Waals surface area contributed by atoms with Crippen molar-refractivity contribution in [2.24, 2.45) is 0 Å². The number of nitro benzene ring substituents is 1. The number of carbonyl (C=O) groups is 2. The molecule has 0 spiro atoms. The highest BCUT2D eigenvalue weighted by Crippen LogP contribution is 2.27.